The van der Waals surface area contributed by atoms with E-state index >= 15 is 28.8 Å². The van der Waals surface area contributed by atoms with E-state index in [1.54, 1.807) is 36.4 Å². The van der Waals surface area contributed by atoms with Crippen molar-refractivity contribution in [3.8, 4) is 0 Å². The van der Waals surface area contributed by atoms with E-state index in [1.807, 2.05) is 54.6 Å². The fraction of sp³-hybridized carbons (Fsp3) is 0.789. The van der Waals surface area contributed by atoms with Crippen LogP contribution in [0.1, 0.15) is 540 Å². The van der Waals surface area contributed by atoms with Gasteiger partial charge in [-0.2, -0.15) is 0 Å². The van der Waals surface area contributed by atoms with Gasteiger partial charge in [0, 0.05) is 16.7 Å². The number of hydrogen-bond donors (Lipinski definition) is 0. The number of carbonyl (C=O) groups is 6. The third kappa shape index (κ3) is 60.1. The molecule has 0 aromatic heterocycles. The molecule has 0 aliphatic carbocycles. The van der Waals surface area contributed by atoms with E-state index in [1.165, 1.54) is 308 Å². The minimum Gasteiger partial charge on any atom is -0.550 e. The summed E-state index contributed by atoms with van der Waals surface area (Å²) in [7, 11) is 0. The molecule has 0 radical (unpaired) electrons. The first-order chi connectivity index (χ1) is 63.9. The van der Waals surface area contributed by atoms with Crippen molar-refractivity contribution >= 4 is 50.4 Å². The molecular weight excluding hydrogens is 1640 g/mol. The van der Waals surface area contributed by atoms with Crippen LogP contribution < -0.4 is 0 Å². The van der Waals surface area contributed by atoms with Crippen LogP contribution in [0, 0.1) is 0 Å². The summed E-state index contributed by atoms with van der Waals surface area (Å²) in [4.78, 5) is 92.2. The Hall–Kier alpha value is -4.63. The van der Waals surface area contributed by atoms with Gasteiger partial charge in [0.25, 0.3) is 35.3 Å². The van der Waals surface area contributed by atoms with Crippen LogP contribution in [0.5, 0.6) is 0 Å². The van der Waals surface area contributed by atoms with Crippen molar-refractivity contribution in [2.75, 3.05) is 39.6 Å². The smallest absolute Gasteiger partial charge is 0.550 e. The summed E-state index contributed by atoms with van der Waals surface area (Å²) in [6, 6.07) is 27.0. The van der Waals surface area contributed by atoms with Crippen LogP contribution in [-0.4, -0.2) is 90.0 Å². The van der Waals surface area contributed by atoms with E-state index in [4.69, 9.17) is 39.8 Å². The van der Waals surface area contributed by atoms with Crippen molar-refractivity contribution in [3.05, 3.63) is 108 Å². The predicted molar refractivity (Wildman–Crippen MR) is 539 cm³/mol. The zero-order valence-electron chi connectivity index (χ0n) is 84.6. The SMILES string of the molecule is CCCCCCCCCCCCCCOC(OCCCCCCCCCCCCCC)(C(=O)CC(=O)[O][Al]([O]C(=O)CC(=O)C(OCCCCCCCCCCCCCC)(OCCCCCCCCCCCCCC)c1ccccc1)[O]C(=O)CC(=O)C(OCCCCCCCCCCCCCC)(OCCCCCCCCCCCCCC)c1ccccc1)c1ccccc1. The third-order valence-corrected chi connectivity index (χ3v) is 27.3. The summed E-state index contributed by atoms with van der Waals surface area (Å²) in [5.74, 6) is -12.0. The summed E-state index contributed by atoms with van der Waals surface area (Å²) in [5.41, 5.74) is 1.21. The molecule has 0 unspecified atom stereocenters. The first kappa shape index (κ1) is 120. The summed E-state index contributed by atoms with van der Waals surface area (Å²) >= 11 is -4.54. The highest BCUT2D eigenvalue weighted by molar-refractivity contribution is 6.45. The number of carbonyl (C=O) groups excluding carboxylic acids is 6. The largest absolute Gasteiger partial charge is 1.20 e. The van der Waals surface area contributed by atoms with E-state index in [0.717, 1.165) is 116 Å². The molecular formula is C114H195AlO15. The molecule has 0 N–H and O–H groups in total. The number of Topliss-reactive ketones (excluding diaryl/α,β-unsaturated/α-hetero) is 3. The van der Waals surface area contributed by atoms with E-state index in [9.17, 15) is 0 Å². The molecule has 16 heteroatoms. The molecule has 130 heavy (non-hydrogen) atoms. The van der Waals surface area contributed by atoms with Crippen LogP contribution in [-0.2, 0) is 85.9 Å². The molecule has 3 aromatic rings. The molecule has 3 rings (SSSR count). The minimum absolute atomic E-state index is 0.160. The Morgan fingerprint density at radius 1 is 0.185 bits per heavy atom. The van der Waals surface area contributed by atoms with Gasteiger partial charge in [-0.25, -0.2) is 0 Å². The van der Waals surface area contributed by atoms with Gasteiger partial charge in [0.2, 0.25) is 17.3 Å². The standard InChI is InChI=1S/3C38H66O5.Al/c3*1-3-5-7-9-11-13-15-17-19-21-23-28-32-42-38(36(39)34-37(40)41,35-30-26-25-27-31-35)43-33-29-24-22-20-18-16-14-12-10-8-6-4-2;/h3*25-27,30-31H,3-24,28-29,32-34H2,1-2H3,(H,40,41);/q;;;+3/p-3. The van der Waals surface area contributed by atoms with Gasteiger partial charge in [-0.15, -0.1) is 0 Å². The first-order valence-electron chi connectivity index (χ1n) is 55.1. The highest BCUT2D eigenvalue weighted by Crippen LogP contribution is 2.36. The molecule has 0 amide bonds. The monoisotopic (exact) mass is 1830 g/mol. The molecule has 0 saturated carbocycles. The molecule has 3 aromatic carbocycles. The number of hydrogen-bond acceptors (Lipinski definition) is 15. The topological polar surface area (TPSA) is 185 Å². The van der Waals surface area contributed by atoms with E-state index in [0.29, 0.717) is 55.2 Å². The van der Waals surface area contributed by atoms with E-state index in [2.05, 4.69) is 41.5 Å². The second-order valence-electron chi connectivity index (χ2n) is 37.9. The van der Waals surface area contributed by atoms with Gasteiger partial charge < -0.3 is 39.8 Å². The van der Waals surface area contributed by atoms with Crippen molar-refractivity contribution in [2.45, 2.75) is 540 Å². The molecule has 0 bridgehead atoms. The summed E-state index contributed by atoms with van der Waals surface area (Å²) < 4.78 is 59.0. The van der Waals surface area contributed by atoms with Gasteiger partial charge in [0.05, 0.1) is 39.6 Å². The maximum absolute atomic E-state index is 15.6. The van der Waals surface area contributed by atoms with Gasteiger partial charge in [-0.05, 0) is 38.5 Å². The quantitative estimate of drug-likeness (QED) is 0.0225. The Bertz CT molecular complexity index is 2660. The maximum atomic E-state index is 15.6. The van der Waals surface area contributed by atoms with Crippen LogP contribution in [0.4, 0.5) is 0 Å². The van der Waals surface area contributed by atoms with Crippen LogP contribution in [0.15, 0.2) is 91.0 Å². The van der Waals surface area contributed by atoms with Gasteiger partial charge in [0.1, 0.15) is 19.3 Å². The Kier molecular flexibility index (Phi) is 79.1. The fourth-order valence-electron chi connectivity index (χ4n) is 17.8. The van der Waals surface area contributed by atoms with Crippen LogP contribution in [0.2, 0.25) is 0 Å². The first-order valence-corrected chi connectivity index (χ1v) is 56.5. The molecule has 0 fully saturated rings. The summed E-state index contributed by atoms with van der Waals surface area (Å²) in [6.07, 6.45) is 79.2. The normalized spacial score (nSPS) is 11.9. The number of unbranched alkanes of at least 4 members (excludes halogenated alkanes) is 66. The molecule has 0 aliphatic heterocycles. The average molecular weight is 1830 g/mol. The highest BCUT2D eigenvalue weighted by Gasteiger charge is 2.54. The van der Waals surface area contributed by atoms with Gasteiger partial charge in [-0.1, -0.05) is 556 Å². The lowest BCUT2D eigenvalue weighted by atomic mass is 9.98. The Balaban J connectivity index is 2.12. The van der Waals surface area contributed by atoms with Crippen LogP contribution in [0.3, 0.4) is 0 Å². The van der Waals surface area contributed by atoms with E-state index in [-0.39, 0.29) is 39.6 Å². The summed E-state index contributed by atoms with van der Waals surface area (Å²) in [5, 5.41) is 0. The molecule has 0 heterocycles. The average Bonchev–Trinajstić information content (AvgIpc) is 0.805. The van der Waals surface area contributed by atoms with Crippen molar-refractivity contribution in [2.24, 2.45) is 0 Å². The number of ketones is 3. The lowest BCUT2D eigenvalue weighted by Crippen LogP contribution is -2.46. The van der Waals surface area contributed by atoms with Gasteiger partial charge >= 0.3 is 15.1 Å². The predicted octanol–water partition coefficient (Wildman–Crippen LogP) is 33.3. The fourth-order valence-corrected chi connectivity index (χ4v) is 18.8. The third-order valence-electron chi connectivity index (χ3n) is 26.0. The lowest BCUT2D eigenvalue weighted by Gasteiger charge is -2.33. The van der Waals surface area contributed by atoms with Crippen molar-refractivity contribution in [1.82, 2.24) is 0 Å². The summed E-state index contributed by atoms with van der Waals surface area (Å²) in [6.45, 7) is 14.5. The minimum atomic E-state index is -4.54. The van der Waals surface area contributed by atoms with Crippen LogP contribution in [0.25, 0.3) is 0 Å². The molecule has 0 saturated heterocycles. The highest BCUT2D eigenvalue weighted by atomic mass is 27.3. The van der Waals surface area contributed by atoms with E-state index < -0.39 is 87.0 Å². The number of rotatable bonds is 99. The Morgan fingerprint density at radius 3 is 0.438 bits per heavy atom. The Labute approximate surface area is 801 Å². The zero-order chi connectivity index (χ0) is 93.5. The molecule has 15 nitrogen and oxygen atoms in total. The molecule has 0 spiro atoms. The second kappa shape index (κ2) is 86.0. The lowest BCUT2D eigenvalue weighted by molar-refractivity contribution is -0.237. The van der Waals surface area contributed by atoms with Crippen molar-refractivity contribution in [3.63, 3.8) is 0 Å². The molecule has 0 aliphatic rings. The zero-order valence-corrected chi connectivity index (χ0v) is 85.8. The van der Waals surface area contributed by atoms with Crippen molar-refractivity contribution in [1.29, 1.82) is 0 Å². The maximum Gasteiger partial charge on any atom is 1.20 e. The van der Waals surface area contributed by atoms with Crippen molar-refractivity contribution < 1.29 is 68.6 Å². The number of ether oxygens (including phenoxy) is 6. The molecule has 744 valence electrons. The van der Waals surface area contributed by atoms with Crippen LogP contribution >= 0.6 is 0 Å². The Morgan fingerprint density at radius 2 is 0.308 bits per heavy atom. The second-order valence-corrected chi connectivity index (χ2v) is 39.2. The molecule has 0 atom stereocenters. The number of benzene rings is 3. The van der Waals surface area contributed by atoms with Gasteiger partial charge in [-0.3, -0.25) is 28.8 Å². The van der Waals surface area contributed by atoms with Gasteiger partial charge in [0.15, 0.2) is 0 Å².